The van der Waals surface area contributed by atoms with Gasteiger partial charge in [-0.25, -0.2) is 4.79 Å². The average molecular weight is 444 g/mol. The van der Waals surface area contributed by atoms with Crippen LogP contribution in [0, 0.1) is 0 Å². The Kier molecular flexibility index (Phi) is 4.58. The molecule has 11 nitrogen and oxygen atoms in total. The lowest BCUT2D eigenvalue weighted by molar-refractivity contribution is -0.120. The molecule has 3 aliphatic heterocycles. The number of carbonyl (C=O) groups excluding carboxylic acids is 1. The Morgan fingerprint density at radius 3 is 2.87 bits per heavy atom. The van der Waals surface area contributed by atoms with Gasteiger partial charge >= 0.3 is 5.69 Å². The molecule has 2 aromatic rings. The van der Waals surface area contributed by atoms with E-state index in [0.29, 0.717) is 23.0 Å². The lowest BCUT2D eigenvalue weighted by atomic mass is 10.1. The van der Waals surface area contributed by atoms with Gasteiger partial charge in [-0.2, -0.15) is 0 Å². The number of nitrogens with zero attached hydrogens (tertiary/aromatic N) is 3. The number of hydrogen-bond donors (Lipinski definition) is 3. The third kappa shape index (κ3) is 3.28. The van der Waals surface area contributed by atoms with Crippen molar-refractivity contribution in [3.63, 3.8) is 0 Å². The molecule has 4 heterocycles. The molecule has 5 rings (SSSR count). The summed E-state index contributed by atoms with van der Waals surface area (Å²) in [5.74, 6) is 1.56. The Hall–Kier alpha value is -3.54. The zero-order valence-electron chi connectivity index (χ0n) is 16.8. The zero-order valence-corrected chi connectivity index (χ0v) is 17.6. The molecule has 1 amide bonds. The third-order valence-corrected chi connectivity index (χ3v) is 6.19. The van der Waals surface area contributed by atoms with Crippen molar-refractivity contribution < 1.29 is 14.3 Å². The maximum Gasteiger partial charge on any atom is 0.332 e. The highest BCUT2D eigenvalue weighted by molar-refractivity contribution is 8.03. The first-order chi connectivity index (χ1) is 14.9. The van der Waals surface area contributed by atoms with Gasteiger partial charge in [-0.05, 0) is 23.6 Å². The van der Waals surface area contributed by atoms with Crippen LogP contribution in [0.25, 0.3) is 5.70 Å². The summed E-state index contributed by atoms with van der Waals surface area (Å²) in [4.78, 5) is 38.9. The molecule has 0 radical (unpaired) electrons. The second-order valence-electron chi connectivity index (χ2n) is 7.26. The Labute approximate surface area is 180 Å². The molecule has 0 fully saturated rings. The van der Waals surface area contributed by atoms with Crippen LogP contribution in [0.2, 0.25) is 0 Å². The maximum absolute atomic E-state index is 12.6. The summed E-state index contributed by atoms with van der Waals surface area (Å²) >= 11 is 1.44. The number of aromatic nitrogens is 2. The summed E-state index contributed by atoms with van der Waals surface area (Å²) in [5.41, 5.74) is 0.908. The van der Waals surface area contributed by atoms with Gasteiger partial charge in [0, 0.05) is 19.7 Å². The van der Waals surface area contributed by atoms with E-state index in [1.165, 1.54) is 23.4 Å². The molecule has 31 heavy (non-hydrogen) atoms. The molecule has 3 N–H and O–H groups in total. The topological polar surface area (TPSA) is 119 Å². The molecule has 1 aromatic heterocycles. The Bertz CT molecular complexity index is 1240. The van der Waals surface area contributed by atoms with Crippen LogP contribution in [-0.4, -0.2) is 40.5 Å². The third-order valence-electron chi connectivity index (χ3n) is 5.31. The SMILES string of the molecule is Cn1c2c(c(=O)n(C)c1=O)N(CC(=O)NC1NC(c3ccc4c(c3)OCO4)=CS1)CN2. The van der Waals surface area contributed by atoms with E-state index >= 15 is 0 Å². The van der Waals surface area contributed by atoms with Crippen molar-refractivity contribution in [3.8, 4) is 11.5 Å². The smallest absolute Gasteiger partial charge is 0.332 e. The first kappa shape index (κ1) is 19.4. The van der Waals surface area contributed by atoms with Gasteiger partial charge in [0.2, 0.25) is 12.7 Å². The second kappa shape index (κ2) is 7.30. The van der Waals surface area contributed by atoms with E-state index < -0.39 is 11.2 Å². The van der Waals surface area contributed by atoms with E-state index in [0.717, 1.165) is 15.8 Å². The molecular weight excluding hydrogens is 424 g/mol. The van der Waals surface area contributed by atoms with Crippen LogP contribution in [-0.2, 0) is 18.9 Å². The van der Waals surface area contributed by atoms with Gasteiger partial charge in [0.1, 0.15) is 11.5 Å². The first-order valence-electron chi connectivity index (χ1n) is 9.53. The van der Waals surface area contributed by atoms with E-state index in [9.17, 15) is 14.4 Å². The molecular formula is C19H20N6O5S. The number of carbonyl (C=O) groups is 1. The highest BCUT2D eigenvalue weighted by Crippen LogP contribution is 2.36. The van der Waals surface area contributed by atoms with E-state index in [1.807, 2.05) is 23.6 Å². The van der Waals surface area contributed by atoms with Gasteiger partial charge in [0.25, 0.3) is 5.56 Å². The van der Waals surface area contributed by atoms with Crippen LogP contribution >= 0.6 is 11.8 Å². The minimum Gasteiger partial charge on any atom is -0.454 e. The van der Waals surface area contributed by atoms with Gasteiger partial charge in [-0.15, -0.1) is 0 Å². The Balaban J connectivity index is 1.24. The maximum atomic E-state index is 12.6. The highest BCUT2D eigenvalue weighted by Gasteiger charge is 2.29. The largest absolute Gasteiger partial charge is 0.454 e. The van der Waals surface area contributed by atoms with Gasteiger partial charge in [0.15, 0.2) is 17.0 Å². The zero-order chi connectivity index (χ0) is 21.7. The molecule has 1 unspecified atom stereocenters. The number of nitrogens with one attached hydrogen (secondary N) is 3. The normalized spacial score (nSPS) is 18.3. The number of thioether (sulfide) groups is 1. The summed E-state index contributed by atoms with van der Waals surface area (Å²) in [6, 6.07) is 5.66. The molecule has 1 aromatic carbocycles. The van der Waals surface area contributed by atoms with Gasteiger partial charge in [-0.3, -0.25) is 18.7 Å². The summed E-state index contributed by atoms with van der Waals surface area (Å²) in [6.45, 7) is 0.456. The van der Waals surface area contributed by atoms with Gasteiger partial charge < -0.3 is 30.3 Å². The lowest BCUT2D eigenvalue weighted by Crippen LogP contribution is -2.46. The molecule has 12 heteroatoms. The standard InChI is InChI=1S/C19H20N6O5S/c1-23-16-15(17(27)24(2)19(23)28)25(8-20-16)6-14(26)22-18-21-11(7-31-18)10-3-4-12-13(5-10)30-9-29-12/h3-5,7,18,20-21H,6,8-9H2,1-2H3,(H,22,26). The molecule has 162 valence electrons. The summed E-state index contributed by atoms with van der Waals surface area (Å²) < 4.78 is 13.1. The fourth-order valence-electron chi connectivity index (χ4n) is 3.69. The molecule has 1 atom stereocenters. The number of hydrogen-bond acceptors (Lipinski definition) is 9. The Morgan fingerprint density at radius 1 is 1.23 bits per heavy atom. The summed E-state index contributed by atoms with van der Waals surface area (Å²) in [7, 11) is 3.00. The fourth-order valence-corrected chi connectivity index (χ4v) is 4.57. The molecule has 0 saturated heterocycles. The number of benzene rings is 1. The predicted molar refractivity (Wildman–Crippen MR) is 116 cm³/mol. The van der Waals surface area contributed by atoms with Crippen molar-refractivity contribution in [1.29, 1.82) is 0 Å². The quantitative estimate of drug-likeness (QED) is 0.586. The number of anilines is 2. The van der Waals surface area contributed by atoms with E-state index in [-0.39, 0.29) is 31.4 Å². The van der Waals surface area contributed by atoms with E-state index in [1.54, 1.807) is 11.9 Å². The fraction of sp³-hybridized carbons (Fsp3) is 0.316. The van der Waals surface area contributed by atoms with Crippen LogP contribution in [0.1, 0.15) is 5.56 Å². The van der Waals surface area contributed by atoms with Crippen molar-refractivity contribution in [3.05, 3.63) is 50.0 Å². The van der Waals surface area contributed by atoms with Crippen LogP contribution in [0.5, 0.6) is 11.5 Å². The summed E-state index contributed by atoms with van der Waals surface area (Å²) in [6.07, 6.45) is 0. The van der Waals surface area contributed by atoms with E-state index in [2.05, 4.69) is 16.0 Å². The monoisotopic (exact) mass is 444 g/mol. The highest BCUT2D eigenvalue weighted by atomic mass is 32.2. The van der Waals surface area contributed by atoms with Crippen LogP contribution in [0.15, 0.2) is 33.2 Å². The first-order valence-corrected chi connectivity index (χ1v) is 10.5. The number of fused-ring (bicyclic) bond motifs is 2. The van der Waals surface area contributed by atoms with Gasteiger partial charge in [0.05, 0.1) is 18.9 Å². The average Bonchev–Trinajstić information content (AvgIpc) is 3.49. The second-order valence-corrected chi connectivity index (χ2v) is 8.24. The molecule has 0 spiro atoms. The molecule has 0 saturated carbocycles. The van der Waals surface area contributed by atoms with Crippen molar-refractivity contribution in [2.75, 3.05) is 30.2 Å². The lowest BCUT2D eigenvalue weighted by Gasteiger charge is -2.20. The molecule has 0 bridgehead atoms. The van der Waals surface area contributed by atoms with E-state index in [4.69, 9.17) is 9.47 Å². The molecule has 0 aliphatic carbocycles. The minimum absolute atomic E-state index is 0.0223. The van der Waals surface area contributed by atoms with Crippen molar-refractivity contribution in [2.45, 2.75) is 5.50 Å². The van der Waals surface area contributed by atoms with Crippen molar-refractivity contribution in [2.24, 2.45) is 14.1 Å². The number of amides is 1. The molecule has 3 aliphatic rings. The van der Waals surface area contributed by atoms with Crippen LogP contribution in [0.4, 0.5) is 11.5 Å². The van der Waals surface area contributed by atoms with Crippen molar-refractivity contribution >= 4 is 34.9 Å². The number of rotatable bonds is 4. The number of ether oxygens (including phenoxy) is 2. The van der Waals surface area contributed by atoms with Crippen LogP contribution in [0.3, 0.4) is 0 Å². The van der Waals surface area contributed by atoms with Crippen LogP contribution < -0.4 is 41.6 Å². The van der Waals surface area contributed by atoms with Crippen molar-refractivity contribution in [1.82, 2.24) is 19.8 Å². The summed E-state index contributed by atoms with van der Waals surface area (Å²) in [5, 5.41) is 11.1. The minimum atomic E-state index is -0.434. The van der Waals surface area contributed by atoms with Gasteiger partial charge in [-0.1, -0.05) is 11.8 Å². The Morgan fingerprint density at radius 2 is 2.03 bits per heavy atom. The predicted octanol–water partition coefficient (Wildman–Crippen LogP) is -0.263.